The minimum absolute atomic E-state index is 0.137. The number of aryl methyl sites for hydroxylation is 2. The third kappa shape index (κ3) is 5.92. The molecule has 0 fully saturated rings. The summed E-state index contributed by atoms with van der Waals surface area (Å²) in [6.45, 7) is 3.49. The zero-order chi connectivity index (χ0) is 26.5. The number of amides is 2. The Hall–Kier alpha value is -4.72. The molecule has 37 heavy (non-hydrogen) atoms. The maximum absolute atomic E-state index is 13.1. The van der Waals surface area contributed by atoms with Crippen LogP contribution >= 0.6 is 0 Å². The van der Waals surface area contributed by atoms with E-state index in [-0.39, 0.29) is 11.5 Å². The number of anilines is 1. The molecule has 1 heterocycles. The van der Waals surface area contributed by atoms with E-state index in [9.17, 15) is 14.4 Å². The van der Waals surface area contributed by atoms with Crippen molar-refractivity contribution in [2.45, 2.75) is 13.8 Å². The van der Waals surface area contributed by atoms with Crippen LogP contribution in [0.1, 0.15) is 31.8 Å². The van der Waals surface area contributed by atoms with Crippen LogP contribution in [0.25, 0.3) is 16.9 Å². The van der Waals surface area contributed by atoms with Crippen LogP contribution in [-0.2, 0) is 9.53 Å². The maximum Gasteiger partial charge on any atom is 0.342 e. The first-order chi connectivity index (χ1) is 17.7. The van der Waals surface area contributed by atoms with Crippen LogP contribution in [0.5, 0.6) is 0 Å². The van der Waals surface area contributed by atoms with E-state index in [4.69, 9.17) is 4.74 Å². The summed E-state index contributed by atoms with van der Waals surface area (Å²) in [7, 11) is 3.34. The summed E-state index contributed by atoms with van der Waals surface area (Å²) in [6.07, 6.45) is 1.62. The van der Waals surface area contributed by atoms with E-state index >= 15 is 0 Å². The lowest BCUT2D eigenvalue weighted by molar-refractivity contribution is -0.119. The fourth-order valence-electron chi connectivity index (χ4n) is 3.87. The second kappa shape index (κ2) is 10.9. The van der Waals surface area contributed by atoms with Crippen molar-refractivity contribution in [1.82, 2.24) is 14.7 Å². The number of benzene rings is 3. The van der Waals surface area contributed by atoms with Gasteiger partial charge in [0.25, 0.3) is 11.8 Å². The Morgan fingerprint density at radius 2 is 1.65 bits per heavy atom. The van der Waals surface area contributed by atoms with E-state index in [1.165, 1.54) is 4.90 Å². The molecule has 3 aromatic carbocycles. The molecule has 2 amide bonds. The van der Waals surface area contributed by atoms with E-state index in [2.05, 4.69) is 10.4 Å². The highest BCUT2D eigenvalue weighted by molar-refractivity contribution is 5.99. The molecular weight excluding hydrogens is 468 g/mol. The number of rotatable bonds is 7. The number of para-hydroxylation sites is 1. The Morgan fingerprint density at radius 3 is 2.30 bits per heavy atom. The van der Waals surface area contributed by atoms with Crippen molar-refractivity contribution in [3.8, 4) is 16.9 Å². The molecule has 1 N–H and O–H groups in total. The summed E-state index contributed by atoms with van der Waals surface area (Å²) >= 11 is 0. The number of nitrogens with one attached hydrogen (secondary N) is 1. The molecule has 0 radical (unpaired) electrons. The van der Waals surface area contributed by atoms with Crippen molar-refractivity contribution in [3.63, 3.8) is 0 Å². The number of carbonyl (C=O) groups excluding carboxylic acids is 3. The fraction of sp³-hybridized carbons (Fsp3) is 0.172. The van der Waals surface area contributed by atoms with Crippen molar-refractivity contribution in [1.29, 1.82) is 0 Å². The van der Waals surface area contributed by atoms with Gasteiger partial charge in [-0.05, 0) is 55.8 Å². The van der Waals surface area contributed by atoms with Gasteiger partial charge in [0.1, 0.15) is 11.3 Å². The van der Waals surface area contributed by atoms with Gasteiger partial charge in [-0.25, -0.2) is 9.48 Å². The first-order valence-corrected chi connectivity index (χ1v) is 11.7. The Kier molecular flexibility index (Phi) is 7.48. The number of ether oxygens (including phenoxy) is 1. The van der Waals surface area contributed by atoms with Crippen LogP contribution < -0.4 is 5.32 Å². The predicted octanol–water partition coefficient (Wildman–Crippen LogP) is 4.65. The standard InChI is InChI=1S/C29H28N4O4/c1-19-10-15-24(20(2)16-19)27-25(17-33(31-27)23-8-6-5-7-9-23)29(36)37-18-26(34)30-22-13-11-21(12-14-22)28(35)32(3)4/h5-17H,18H2,1-4H3,(H,30,34). The maximum atomic E-state index is 13.1. The average Bonchev–Trinajstić information content (AvgIpc) is 3.33. The van der Waals surface area contributed by atoms with Gasteiger partial charge >= 0.3 is 5.97 Å². The molecule has 0 saturated carbocycles. The lowest BCUT2D eigenvalue weighted by atomic mass is 10.0. The van der Waals surface area contributed by atoms with Crippen molar-refractivity contribution in [3.05, 3.63) is 101 Å². The van der Waals surface area contributed by atoms with Gasteiger partial charge in [-0.2, -0.15) is 5.10 Å². The van der Waals surface area contributed by atoms with Crippen molar-refractivity contribution < 1.29 is 19.1 Å². The van der Waals surface area contributed by atoms with Crippen molar-refractivity contribution in [2.24, 2.45) is 0 Å². The van der Waals surface area contributed by atoms with Crippen LogP contribution in [0.3, 0.4) is 0 Å². The number of hydrogen-bond acceptors (Lipinski definition) is 5. The minimum atomic E-state index is -0.653. The molecule has 0 bridgehead atoms. The molecule has 0 spiro atoms. The lowest BCUT2D eigenvalue weighted by Gasteiger charge is -2.11. The van der Waals surface area contributed by atoms with Crippen LogP contribution in [0.4, 0.5) is 5.69 Å². The minimum Gasteiger partial charge on any atom is -0.452 e. The van der Waals surface area contributed by atoms with Crippen LogP contribution in [0, 0.1) is 13.8 Å². The van der Waals surface area contributed by atoms with Gasteiger partial charge in [0.2, 0.25) is 0 Å². The molecule has 0 aliphatic carbocycles. The number of nitrogens with zero attached hydrogens (tertiary/aromatic N) is 3. The number of aromatic nitrogens is 2. The van der Waals surface area contributed by atoms with E-state index in [1.807, 2.05) is 62.4 Å². The molecule has 8 heteroatoms. The Morgan fingerprint density at radius 1 is 0.946 bits per heavy atom. The van der Waals surface area contributed by atoms with Gasteiger partial charge in [0.05, 0.1) is 5.69 Å². The third-order valence-electron chi connectivity index (χ3n) is 5.75. The number of carbonyl (C=O) groups is 3. The molecule has 8 nitrogen and oxygen atoms in total. The van der Waals surface area contributed by atoms with Gasteiger partial charge in [-0.1, -0.05) is 42.0 Å². The fourth-order valence-corrected chi connectivity index (χ4v) is 3.87. The summed E-state index contributed by atoms with van der Waals surface area (Å²) < 4.78 is 6.99. The summed E-state index contributed by atoms with van der Waals surface area (Å²) in [5.74, 6) is -1.29. The first kappa shape index (κ1) is 25.4. The quantitative estimate of drug-likeness (QED) is 0.376. The average molecular weight is 497 g/mol. The summed E-state index contributed by atoms with van der Waals surface area (Å²) in [4.78, 5) is 39.1. The third-order valence-corrected chi connectivity index (χ3v) is 5.75. The van der Waals surface area contributed by atoms with E-state index in [0.717, 1.165) is 22.4 Å². The number of esters is 1. The molecule has 4 rings (SSSR count). The molecule has 1 aromatic heterocycles. The molecule has 0 aliphatic rings. The van der Waals surface area contributed by atoms with E-state index < -0.39 is 18.5 Å². The highest BCUT2D eigenvalue weighted by atomic mass is 16.5. The smallest absolute Gasteiger partial charge is 0.342 e. The monoisotopic (exact) mass is 496 g/mol. The normalized spacial score (nSPS) is 10.6. The van der Waals surface area contributed by atoms with Gasteiger partial charge in [-0.15, -0.1) is 0 Å². The lowest BCUT2D eigenvalue weighted by Crippen LogP contribution is -2.22. The largest absolute Gasteiger partial charge is 0.452 e. The Labute approximate surface area is 215 Å². The van der Waals surface area contributed by atoms with Gasteiger partial charge < -0.3 is 15.0 Å². The molecular formula is C29H28N4O4. The van der Waals surface area contributed by atoms with Gasteiger partial charge in [0, 0.05) is 37.1 Å². The van der Waals surface area contributed by atoms with E-state index in [1.54, 1.807) is 49.2 Å². The highest BCUT2D eigenvalue weighted by Crippen LogP contribution is 2.28. The zero-order valence-electron chi connectivity index (χ0n) is 21.2. The molecule has 0 atom stereocenters. The van der Waals surface area contributed by atoms with Gasteiger partial charge in [-0.3, -0.25) is 9.59 Å². The highest BCUT2D eigenvalue weighted by Gasteiger charge is 2.22. The zero-order valence-corrected chi connectivity index (χ0v) is 21.2. The molecule has 188 valence electrons. The topological polar surface area (TPSA) is 93.5 Å². The molecule has 0 saturated heterocycles. The summed E-state index contributed by atoms with van der Waals surface area (Å²) in [5, 5.41) is 7.35. The summed E-state index contributed by atoms with van der Waals surface area (Å²) in [6, 6.07) is 21.9. The first-order valence-electron chi connectivity index (χ1n) is 11.7. The number of hydrogen-bond donors (Lipinski definition) is 1. The Bertz CT molecular complexity index is 1440. The van der Waals surface area contributed by atoms with Crippen molar-refractivity contribution in [2.75, 3.05) is 26.0 Å². The molecule has 0 aliphatic heterocycles. The van der Waals surface area contributed by atoms with Crippen molar-refractivity contribution >= 4 is 23.5 Å². The SMILES string of the molecule is Cc1ccc(-c2nn(-c3ccccc3)cc2C(=O)OCC(=O)Nc2ccc(C(=O)N(C)C)cc2)c(C)c1. The van der Waals surface area contributed by atoms with Crippen LogP contribution in [0.15, 0.2) is 79.0 Å². The molecule has 4 aromatic rings. The van der Waals surface area contributed by atoms with Crippen LogP contribution in [0.2, 0.25) is 0 Å². The summed E-state index contributed by atoms with van der Waals surface area (Å²) in [5.41, 5.74) is 5.41. The van der Waals surface area contributed by atoms with Crippen LogP contribution in [-0.4, -0.2) is 53.2 Å². The van der Waals surface area contributed by atoms with E-state index in [0.29, 0.717) is 16.9 Å². The Balaban J connectivity index is 1.51. The van der Waals surface area contributed by atoms with Gasteiger partial charge in [0.15, 0.2) is 6.61 Å². The second-order valence-electron chi connectivity index (χ2n) is 8.89. The predicted molar refractivity (Wildman–Crippen MR) is 142 cm³/mol. The second-order valence-corrected chi connectivity index (χ2v) is 8.89. The molecule has 0 unspecified atom stereocenters.